The van der Waals surface area contributed by atoms with Crippen LogP contribution < -0.4 is 2.89 Å². The number of aryl methyl sites for hydroxylation is 1. The first-order chi connectivity index (χ1) is 5.54. The third-order valence-corrected chi connectivity index (χ3v) is 12.5. The third kappa shape index (κ3) is 2.77. The van der Waals surface area contributed by atoms with E-state index >= 15 is 0 Å². The van der Waals surface area contributed by atoms with E-state index in [-0.39, 0.29) is 0 Å². The van der Waals surface area contributed by atoms with Gasteiger partial charge in [-0.05, 0) is 0 Å². The summed E-state index contributed by atoms with van der Waals surface area (Å²) in [4.78, 5) is 9.03. The van der Waals surface area contributed by atoms with Crippen LogP contribution in [0.15, 0.2) is 12.1 Å². The predicted octanol–water partition coefficient (Wildman–Crippen LogP) is 3.25. The Kier molecular flexibility index (Phi) is 3.65. The first-order valence-corrected chi connectivity index (χ1v) is 15.4. The number of thiophene rings is 1. The molecule has 0 bridgehead atoms. The molecule has 0 saturated carbocycles. The van der Waals surface area contributed by atoms with Crippen molar-refractivity contribution in [3.63, 3.8) is 0 Å². The van der Waals surface area contributed by atoms with Gasteiger partial charge in [0.2, 0.25) is 0 Å². The van der Waals surface area contributed by atoms with Crippen LogP contribution in [0.2, 0.25) is 14.8 Å². The molecule has 0 saturated heterocycles. The van der Waals surface area contributed by atoms with E-state index in [1.54, 1.807) is 7.77 Å². The third-order valence-electron chi connectivity index (χ3n) is 1.90. The van der Waals surface area contributed by atoms with Gasteiger partial charge >= 0.3 is 84.2 Å². The summed E-state index contributed by atoms with van der Waals surface area (Å²) < 4.78 is 1.72. The molecule has 0 nitrogen and oxygen atoms in total. The van der Waals surface area contributed by atoms with E-state index in [1.807, 2.05) is 0 Å². The summed E-state index contributed by atoms with van der Waals surface area (Å²) in [6.07, 6.45) is 2.55. The van der Waals surface area contributed by atoms with Gasteiger partial charge in [0.25, 0.3) is 0 Å². The van der Waals surface area contributed by atoms with Crippen LogP contribution in [0.1, 0.15) is 18.2 Å². The monoisotopic (exact) mass is 290 g/mol. The van der Waals surface area contributed by atoms with Gasteiger partial charge in [-0.1, -0.05) is 0 Å². The van der Waals surface area contributed by atoms with Crippen molar-refractivity contribution in [1.29, 1.82) is 0 Å². The van der Waals surface area contributed by atoms with Gasteiger partial charge in [-0.25, -0.2) is 0 Å². The summed E-state index contributed by atoms with van der Waals surface area (Å²) in [5, 5.41) is 0. The standard InChI is InChI=1S/C7H9S.3CH3.Sn/c1-2-4-7-5-3-6-8-7;;;;/h3,5H,2,4H2,1H3;3*1H3;. The van der Waals surface area contributed by atoms with Crippen LogP contribution >= 0.6 is 11.3 Å². The SMILES string of the molecule is CCCc1cc[c]([Sn]([CH3])([CH3])[CH3])s1. The van der Waals surface area contributed by atoms with Crippen molar-refractivity contribution in [2.24, 2.45) is 0 Å². The maximum absolute atomic E-state index is 2.48. The second-order valence-electron chi connectivity index (χ2n) is 4.27. The quantitative estimate of drug-likeness (QED) is 0.749. The van der Waals surface area contributed by atoms with E-state index in [0.717, 1.165) is 0 Å². The summed E-state index contributed by atoms with van der Waals surface area (Å²) in [5.41, 5.74) is 0. The van der Waals surface area contributed by atoms with Gasteiger partial charge in [-0.15, -0.1) is 0 Å². The zero-order chi connectivity index (χ0) is 9.19. The molecule has 1 aromatic heterocycles. The minimum atomic E-state index is -1.72. The van der Waals surface area contributed by atoms with Crippen molar-refractivity contribution in [2.75, 3.05) is 0 Å². The molecule has 2 heteroatoms. The summed E-state index contributed by atoms with van der Waals surface area (Å²) in [6.45, 7) is 2.25. The molecule has 1 aromatic rings. The van der Waals surface area contributed by atoms with E-state index in [4.69, 9.17) is 0 Å². The van der Waals surface area contributed by atoms with Crippen LogP contribution in [0.4, 0.5) is 0 Å². The van der Waals surface area contributed by atoms with E-state index < -0.39 is 18.4 Å². The molecule has 0 atom stereocenters. The van der Waals surface area contributed by atoms with Gasteiger partial charge in [0.15, 0.2) is 0 Å². The second-order valence-corrected chi connectivity index (χ2v) is 20.8. The molecule has 0 radical (unpaired) electrons. The molecule has 1 rings (SSSR count). The average Bonchev–Trinajstić information content (AvgIpc) is 2.35. The molecule has 0 N–H and O–H groups in total. The Hall–Kier alpha value is 0.499. The van der Waals surface area contributed by atoms with Gasteiger partial charge in [-0.3, -0.25) is 0 Å². The molecule has 68 valence electrons. The zero-order valence-corrected chi connectivity index (χ0v) is 12.1. The van der Waals surface area contributed by atoms with Gasteiger partial charge in [0.1, 0.15) is 0 Å². The molecule has 0 fully saturated rings. The van der Waals surface area contributed by atoms with Crippen molar-refractivity contribution >= 4 is 32.6 Å². The molecule has 0 aliphatic carbocycles. The maximum atomic E-state index is 2.48. The average molecular weight is 289 g/mol. The molecule has 0 unspecified atom stereocenters. The van der Waals surface area contributed by atoms with Crippen LogP contribution in [0.25, 0.3) is 0 Å². The number of hydrogen-bond donors (Lipinski definition) is 0. The molecular formula is C10H18SSn. The molecule has 0 aliphatic rings. The summed E-state index contributed by atoms with van der Waals surface area (Å²) in [5.74, 6) is 0. The van der Waals surface area contributed by atoms with Gasteiger partial charge in [0, 0.05) is 0 Å². The van der Waals surface area contributed by atoms with Crippen molar-refractivity contribution in [2.45, 2.75) is 34.6 Å². The Bertz CT molecular complexity index is 245. The predicted molar refractivity (Wildman–Crippen MR) is 61.3 cm³/mol. The van der Waals surface area contributed by atoms with Crippen molar-refractivity contribution < 1.29 is 0 Å². The Labute approximate surface area is 83.9 Å². The Morgan fingerprint density at radius 2 is 1.92 bits per heavy atom. The summed E-state index contributed by atoms with van der Waals surface area (Å²) in [7, 11) is 0. The summed E-state index contributed by atoms with van der Waals surface area (Å²) in [6, 6.07) is 4.69. The molecule has 0 amide bonds. The van der Waals surface area contributed by atoms with E-state index in [9.17, 15) is 0 Å². The number of hydrogen-bond acceptors (Lipinski definition) is 1. The van der Waals surface area contributed by atoms with Crippen molar-refractivity contribution in [3.05, 3.63) is 17.0 Å². The van der Waals surface area contributed by atoms with Crippen LogP contribution in [-0.4, -0.2) is 18.4 Å². The molecular weight excluding hydrogens is 271 g/mol. The fraction of sp³-hybridized carbons (Fsp3) is 0.600. The van der Waals surface area contributed by atoms with Gasteiger partial charge in [0.05, 0.1) is 0 Å². The molecule has 12 heavy (non-hydrogen) atoms. The fourth-order valence-corrected chi connectivity index (χ4v) is 7.74. The molecule has 0 aliphatic heterocycles. The van der Waals surface area contributed by atoms with Crippen LogP contribution in [0.3, 0.4) is 0 Å². The Morgan fingerprint density at radius 3 is 2.33 bits per heavy atom. The Morgan fingerprint density at radius 1 is 1.25 bits per heavy atom. The fourth-order valence-electron chi connectivity index (χ4n) is 1.16. The van der Waals surface area contributed by atoms with Crippen molar-refractivity contribution in [1.82, 2.24) is 0 Å². The first kappa shape index (κ1) is 10.6. The van der Waals surface area contributed by atoms with Crippen LogP contribution in [0, 0.1) is 0 Å². The van der Waals surface area contributed by atoms with Gasteiger partial charge in [-0.2, -0.15) is 0 Å². The first-order valence-electron chi connectivity index (χ1n) is 4.63. The minimum absolute atomic E-state index is 1.27. The topological polar surface area (TPSA) is 0 Å². The van der Waals surface area contributed by atoms with Crippen LogP contribution in [0.5, 0.6) is 0 Å². The van der Waals surface area contributed by atoms with E-state index in [1.165, 1.54) is 12.8 Å². The van der Waals surface area contributed by atoms with Crippen molar-refractivity contribution in [3.8, 4) is 0 Å². The Balaban J connectivity index is 2.77. The molecule has 0 spiro atoms. The van der Waals surface area contributed by atoms with E-state index in [0.29, 0.717) is 0 Å². The van der Waals surface area contributed by atoms with Crippen LogP contribution in [-0.2, 0) is 6.42 Å². The zero-order valence-electron chi connectivity index (χ0n) is 8.48. The number of rotatable bonds is 3. The van der Waals surface area contributed by atoms with Gasteiger partial charge < -0.3 is 0 Å². The van der Waals surface area contributed by atoms with E-state index in [2.05, 4.69) is 45.2 Å². The summed E-state index contributed by atoms with van der Waals surface area (Å²) >= 11 is 0.342. The molecule has 0 aromatic carbocycles. The molecule has 1 heterocycles. The second kappa shape index (κ2) is 4.14. The normalized spacial score (nSPS) is 12.0.